The van der Waals surface area contributed by atoms with Crippen LogP contribution in [0.25, 0.3) is 0 Å². The third-order valence-electron chi connectivity index (χ3n) is 2.47. The molecule has 0 fully saturated rings. The van der Waals surface area contributed by atoms with E-state index < -0.39 is 23.6 Å². The Morgan fingerprint density at radius 1 is 1.50 bits per heavy atom. The number of amides is 1. The average molecular weight is 318 g/mol. The first-order chi connectivity index (χ1) is 8.43. The summed E-state index contributed by atoms with van der Waals surface area (Å²) in [6.45, 7) is 1.74. The number of hydrogen-bond acceptors (Lipinski definition) is 2. The van der Waals surface area contributed by atoms with E-state index in [-0.39, 0.29) is 12.1 Å². The van der Waals surface area contributed by atoms with E-state index in [1.165, 1.54) is 12.1 Å². The van der Waals surface area contributed by atoms with Gasteiger partial charge in [-0.15, -0.1) is 0 Å². The van der Waals surface area contributed by atoms with Crippen LogP contribution in [0.4, 0.5) is 4.39 Å². The molecular weight excluding hydrogens is 305 g/mol. The number of carboxylic acid groups (broad SMARTS) is 1. The number of hydrogen-bond donors (Lipinski definition) is 2. The van der Waals surface area contributed by atoms with Crippen molar-refractivity contribution in [3.05, 3.63) is 34.1 Å². The van der Waals surface area contributed by atoms with E-state index in [2.05, 4.69) is 21.2 Å². The fourth-order valence-electron chi connectivity index (χ4n) is 1.33. The van der Waals surface area contributed by atoms with Gasteiger partial charge in [-0.3, -0.25) is 9.59 Å². The minimum atomic E-state index is -0.920. The van der Waals surface area contributed by atoms with Gasteiger partial charge in [0.1, 0.15) is 5.82 Å². The number of aliphatic carboxylic acids is 1. The van der Waals surface area contributed by atoms with E-state index in [1.54, 1.807) is 13.0 Å². The number of benzene rings is 1. The molecule has 1 rings (SSSR count). The largest absolute Gasteiger partial charge is 0.481 e. The molecule has 0 bridgehead atoms. The molecule has 0 aromatic heterocycles. The minimum absolute atomic E-state index is 0.0690. The summed E-state index contributed by atoms with van der Waals surface area (Å²) in [6.07, 6.45) is 0.299. The van der Waals surface area contributed by atoms with Gasteiger partial charge in [0, 0.05) is 11.0 Å². The molecule has 1 aromatic rings. The highest BCUT2D eigenvalue weighted by Gasteiger charge is 2.16. The van der Waals surface area contributed by atoms with Crippen molar-refractivity contribution in [1.29, 1.82) is 0 Å². The Labute approximate surface area is 112 Å². The molecule has 0 aliphatic heterocycles. The molecule has 1 aromatic carbocycles. The smallest absolute Gasteiger partial charge is 0.306 e. The van der Waals surface area contributed by atoms with Crippen molar-refractivity contribution >= 4 is 27.8 Å². The number of carbonyl (C=O) groups is 2. The van der Waals surface area contributed by atoms with Gasteiger partial charge in [-0.2, -0.15) is 0 Å². The molecule has 4 nitrogen and oxygen atoms in total. The number of halogens is 2. The molecule has 1 amide bonds. The Kier molecular flexibility index (Phi) is 5.27. The Morgan fingerprint density at radius 3 is 2.72 bits per heavy atom. The first-order valence-corrected chi connectivity index (χ1v) is 6.17. The van der Waals surface area contributed by atoms with Gasteiger partial charge in [0.05, 0.1) is 11.5 Å². The van der Waals surface area contributed by atoms with Crippen LogP contribution in [0.15, 0.2) is 22.7 Å². The monoisotopic (exact) mass is 317 g/mol. The zero-order valence-electron chi connectivity index (χ0n) is 9.74. The van der Waals surface area contributed by atoms with Crippen LogP contribution in [0, 0.1) is 11.7 Å². The summed E-state index contributed by atoms with van der Waals surface area (Å²) in [6, 6.07) is 4.25. The summed E-state index contributed by atoms with van der Waals surface area (Å²) in [5, 5.41) is 11.2. The number of carboxylic acids is 1. The summed E-state index contributed by atoms with van der Waals surface area (Å²) in [4.78, 5) is 22.3. The number of rotatable bonds is 5. The summed E-state index contributed by atoms with van der Waals surface area (Å²) < 4.78 is 13.8. The van der Waals surface area contributed by atoms with Gasteiger partial charge in [0.2, 0.25) is 0 Å². The minimum Gasteiger partial charge on any atom is -0.481 e. The molecule has 2 N–H and O–H groups in total. The topological polar surface area (TPSA) is 66.4 Å². The standard InChI is InChI=1S/C12H13BrFNO3/c1-7(12(17)18)5-6-15-11(16)10-8(13)3-2-4-9(10)14/h2-4,7H,5-6H2,1H3,(H,15,16)(H,17,18). The third kappa shape index (κ3) is 3.80. The first kappa shape index (κ1) is 14.6. The molecule has 98 valence electrons. The third-order valence-corrected chi connectivity index (χ3v) is 3.14. The summed E-state index contributed by atoms with van der Waals surface area (Å²) in [5.74, 6) is -2.64. The fraction of sp³-hybridized carbons (Fsp3) is 0.333. The van der Waals surface area contributed by atoms with Crippen molar-refractivity contribution in [2.45, 2.75) is 13.3 Å². The Morgan fingerprint density at radius 2 is 2.17 bits per heavy atom. The van der Waals surface area contributed by atoms with Crippen molar-refractivity contribution in [3.8, 4) is 0 Å². The van der Waals surface area contributed by atoms with Gasteiger partial charge in [-0.05, 0) is 34.5 Å². The average Bonchev–Trinajstić information content (AvgIpc) is 2.28. The van der Waals surface area contributed by atoms with Crippen molar-refractivity contribution in [3.63, 3.8) is 0 Å². The van der Waals surface area contributed by atoms with Gasteiger partial charge < -0.3 is 10.4 Å². The normalized spacial score (nSPS) is 11.9. The Balaban J connectivity index is 2.59. The van der Waals surface area contributed by atoms with E-state index in [0.717, 1.165) is 0 Å². The van der Waals surface area contributed by atoms with Gasteiger partial charge in [-0.1, -0.05) is 13.0 Å². The second kappa shape index (κ2) is 6.49. The van der Waals surface area contributed by atoms with E-state index in [9.17, 15) is 14.0 Å². The fourth-order valence-corrected chi connectivity index (χ4v) is 1.85. The highest BCUT2D eigenvalue weighted by molar-refractivity contribution is 9.10. The summed E-state index contributed by atoms with van der Waals surface area (Å²) in [7, 11) is 0. The van der Waals surface area contributed by atoms with E-state index >= 15 is 0 Å². The van der Waals surface area contributed by atoms with Crippen LogP contribution in [0.2, 0.25) is 0 Å². The predicted molar refractivity (Wildman–Crippen MR) is 67.9 cm³/mol. The highest BCUT2D eigenvalue weighted by Crippen LogP contribution is 2.19. The molecular formula is C12H13BrFNO3. The molecule has 0 radical (unpaired) electrons. The molecule has 0 aliphatic rings. The molecule has 0 aliphatic carbocycles. The molecule has 1 atom stereocenters. The van der Waals surface area contributed by atoms with Crippen molar-refractivity contribution in [1.82, 2.24) is 5.32 Å². The lowest BCUT2D eigenvalue weighted by atomic mass is 10.1. The van der Waals surface area contributed by atoms with Crippen molar-refractivity contribution in [2.75, 3.05) is 6.54 Å². The van der Waals surface area contributed by atoms with Crippen molar-refractivity contribution in [2.24, 2.45) is 5.92 Å². The van der Waals surface area contributed by atoms with Crippen LogP contribution in [0.5, 0.6) is 0 Å². The zero-order chi connectivity index (χ0) is 13.7. The predicted octanol–water partition coefficient (Wildman–Crippen LogP) is 2.43. The van der Waals surface area contributed by atoms with Crippen LogP contribution in [-0.2, 0) is 4.79 Å². The lowest BCUT2D eigenvalue weighted by molar-refractivity contribution is -0.141. The lowest BCUT2D eigenvalue weighted by Gasteiger charge is -2.09. The molecule has 0 spiro atoms. The number of nitrogens with one attached hydrogen (secondary N) is 1. The molecule has 0 saturated heterocycles. The molecule has 1 unspecified atom stereocenters. The van der Waals surface area contributed by atoms with Crippen LogP contribution >= 0.6 is 15.9 Å². The molecule has 18 heavy (non-hydrogen) atoms. The summed E-state index contributed by atoms with van der Waals surface area (Å²) >= 11 is 3.10. The van der Waals surface area contributed by atoms with Crippen molar-refractivity contribution < 1.29 is 19.1 Å². The van der Waals surface area contributed by atoms with Gasteiger partial charge in [0.15, 0.2) is 0 Å². The number of carbonyl (C=O) groups excluding carboxylic acids is 1. The lowest BCUT2D eigenvalue weighted by Crippen LogP contribution is -2.28. The van der Waals surface area contributed by atoms with Crippen LogP contribution < -0.4 is 5.32 Å². The molecule has 6 heteroatoms. The van der Waals surface area contributed by atoms with E-state index in [0.29, 0.717) is 10.9 Å². The second-order valence-corrected chi connectivity index (χ2v) is 4.73. The van der Waals surface area contributed by atoms with Crippen LogP contribution in [-0.4, -0.2) is 23.5 Å². The SMILES string of the molecule is CC(CCNC(=O)c1c(F)cccc1Br)C(=O)O. The van der Waals surface area contributed by atoms with Gasteiger partial charge in [-0.25, -0.2) is 4.39 Å². The maximum Gasteiger partial charge on any atom is 0.306 e. The molecule has 0 saturated carbocycles. The highest BCUT2D eigenvalue weighted by atomic mass is 79.9. The van der Waals surface area contributed by atoms with Gasteiger partial charge in [0.25, 0.3) is 5.91 Å². The Bertz CT molecular complexity index is 444. The van der Waals surface area contributed by atoms with Gasteiger partial charge >= 0.3 is 5.97 Å². The van der Waals surface area contributed by atoms with Crippen LogP contribution in [0.1, 0.15) is 23.7 Å². The molecule has 0 heterocycles. The Hall–Kier alpha value is -1.43. The quantitative estimate of drug-likeness (QED) is 0.876. The van der Waals surface area contributed by atoms with Crippen LogP contribution in [0.3, 0.4) is 0 Å². The zero-order valence-corrected chi connectivity index (χ0v) is 11.3. The maximum atomic E-state index is 13.4. The van der Waals surface area contributed by atoms with E-state index in [1.807, 2.05) is 0 Å². The second-order valence-electron chi connectivity index (χ2n) is 3.88. The summed E-state index contributed by atoms with van der Waals surface area (Å²) in [5.41, 5.74) is -0.0690. The maximum absolute atomic E-state index is 13.4. The first-order valence-electron chi connectivity index (χ1n) is 5.38. The van der Waals surface area contributed by atoms with E-state index in [4.69, 9.17) is 5.11 Å².